The molecule has 0 saturated carbocycles. The number of Topliss-reactive ketones (excluding diaryl/α,β-unsaturated/α-hetero) is 1. The number of piperazine rings is 1. The minimum atomic E-state index is -0.721. The molecule has 2 aliphatic rings. The number of carbonyl (C=O) groups is 3. The van der Waals surface area contributed by atoms with Crippen LogP contribution in [0.2, 0.25) is 5.02 Å². The molecule has 0 aliphatic carbocycles. The second-order valence-electron chi connectivity index (χ2n) is 11.0. The van der Waals surface area contributed by atoms with Crippen LogP contribution in [0.5, 0.6) is 5.75 Å². The summed E-state index contributed by atoms with van der Waals surface area (Å²) in [5, 5.41) is 9.33. The van der Waals surface area contributed by atoms with E-state index in [1.165, 1.54) is 12.3 Å². The predicted octanol–water partition coefficient (Wildman–Crippen LogP) is 3.85. The zero-order valence-electron chi connectivity index (χ0n) is 25.4. The number of halogens is 1. The van der Waals surface area contributed by atoms with Crippen LogP contribution in [0.3, 0.4) is 0 Å². The molecule has 2 saturated heterocycles. The number of benzene rings is 2. The van der Waals surface area contributed by atoms with Crippen molar-refractivity contribution in [2.24, 2.45) is 0 Å². The second kappa shape index (κ2) is 14.4. The van der Waals surface area contributed by atoms with E-state index in [4.69, 9.17) is 16.3 Å². The predicted molar refractivity (Wildman–Crippen MR) is 175 cm³/mol. The summed E-state index contributed by atoms with van der Waals surface area (Å²) in [5.74, 6) is -0.412. The number of anilines is 5. The molecule has 0 unspecified atom stereocenters. The molecule has 45 heavy (non-hydrogen) atoms. The number of ether oxygens (including phenoxy) is 1. The topological polar surface area (TPSA) is 132 Å². The summed E-state index contributed by atoms with van der Waals surface area (Å²) in [5.41, 5.74) is 2.28. The maximum Gasteiger partial charge on any atom is 0.292 e. The van der Waals surface area contributed by atoms with E-state index in [1.807, 2.05) is 18.2 Å². The van der Waals surface area contributed by atoms with Gasteiger partial charge in [0.2, 0.25) is 11.9 Å². The van der Waals surface area contributed by atoms with Gasteiger partial charge >= 0.3 is 0 Å². The summed E-state index contributed by atoms with van der Waals surface area (Å²) in [7, 11) is 3.73. The number of likely N-dealkylation sites (N-methyl/N-ethyl adjacent to an activating group) is 1. The van der Waals surface area contributed by atoms with Crippen molar-refractivity contribution >= 4 is 58.0 Å². The summed E-state index contributed by atoms with van der Waals surface area (Å²) in [6, 6.07) is 12.4. The summed E-state index contributed by atoms with van der Waals surface area (Å²) < 4.78 is 5.67. The average Bonchev–Trinajstić information content (AvgIpc) is 3.06. The molecule has 2 aliphatic heterocycles. The van der Waals surface area contributed by atoms with Crippen LogP contribution < -0.4 is 25.6 Å². The number of likely N-dealkylation sites (tertiary alicyclic amines) is 1. The van der Waals surface area contributed by atoms with Crippen molar-refractivity contribution in [1.82, 2.24) is 25.1 Å². The van der Waals surface area contributed by atoms with Gasteiger partial charge in [-0.1, -0.05) is 30.3 Å². The standard InChI is InChI=1S/C32H37ClN8O4/c1-4-28(42)41-13-11-21(12-14-41)35-31(44)29(43)23-7-5-6-8-25(23)36-30-24(33)20-34-32(38-30)37-26-10-9-22(19-27(26)45-3)40-17-15-39(2)16-18-40/h4-10,19-21H,1,11-18H2,2-3H3,(H,35,44)(H2,34,36,37,38). The lowest BCUT2D eigenvalue weighted by molar-refractivity contribution is -0.127. The van der Waals surface area contributed by atoms with Crippen LogP contribution in [0.1, 0.15) is 23.2 Å². The third-order valence-corrected chi connectivity index (χ3v) is 8.27. The van der Waals surface area contributed by atoms with E-state index in [0.29, 0.717) is 43.1 Å². The third kappa shape index (κ3) is 7.70. The van der Waals surface area contributed by atoms with Gasteiger partial charge in [0.15, 0.2) is 5.82 Å². The molecule has 2 amide bonds. The SMILES string of the molecule is C=CC(=O)N1CCC(NC(=O)C(=O)c2ccccc2Nc2nc(Nc3ccc(N4CCN(C)CC4)cc3OC)ncc2Cl)CC1. The molecular weight excluding hydrogens is 596 g/mol. The van der Waals surface area contributed by atoms with Gasteiger partial charge in [0.1, 0.15) is 10.8 Å². The lowest BCUT2D eigenvalue weighted by atomic mass is 10.0. The fourth-order valence-electron chi connectivity index (χ4n) is 5.34. The fourth-order valence-corrected chi connectivity index (χ4v) is 5.48. The van der Waals surface area contributed by atoms with Gasteiger partial charge < -0.3 is 35.4 Å². The Labute approximate surface area is 267 Å². The van der Waals surface area contributed by atoms with Gasteiger partial charge in [-0.05, 0) is 50.2 Å². The number of para-hydroxylation sites is 1. The first-order valence-corrected chi connectivity index (χ1v) is 15.2. The molecule has 3 N–H and O–H groups in total. The van der Waals surface area contributed by atoms with E-state index in [9.17, 15) is 14.4 Å². The van der Waals surface area contributed by atoms with E-state index in [0.717, 1.165) is 31.9 Å². The zero-order valence-corrected chi connectivity index (χ0v) is 26.1. The summed E-state index contributed by atoms with van der Waals surface area (Å²) >= 11 is 6.45. The van der Waals surface area contributed by atoms with Gasteiger partial charge in [0, 0.05) is 57.1 Å². The molecule has 2 fully saturated rings. The number of ketones is 1. The minimum Gasteiger partial charge on any atom is -0.494 e. The Bertz CT molecular complexity index is 1570. The summed E-state index contributed by atoms with van der Waals surface area (Å²) in [6.07, 6.45) is 3.83. The number of rotatable bonds is 10. The third-order valence-electron chi connectivity index (χ3n) is 7.99. The first-order chi connectivity index (χ1) is 21.7. The Hall–Kier alpha value is -4.68. The maximum atomic E-state index is 13.2. The lowest BCUT2D eigenvalue weighted by Gasteiger charge is -2.34. The number of carbonyl (C=O) groups excluding carboxylic acids is 3. The van der Waals surface area contributed by atoms with Crippen molar-refractivity contribution in [3.8, 4) is 5.75 Å². The van der Waals surface area contributed by atoms with Crippen molar-refractivity contribution in [2.45, 2.75) is 18.9 Å². The van der Waals surface area contributed by atoms with Crippen LogP contribution in [0.4, 0.5) is 28.8 Å². The fraction of sp³-hybridized carbons (Fsp3) is 0.344. The normalized spacial score (nSPS) is 15.7. The highest BCUT2D eigenvalue weighted by molar-refractivity contribution is 6.44. The van der Waals surface area contributed by atoms with Crippen LogP contribution in [0.25, 0.3) is 0 Å². The molecule has 0 atom stereocenters. The monoisotopic (exact) mass is 632 g/mol. The molecule has 13 heteroatoms. The molecule has 236 valence electrons. The Morgan fingerprint density at radius 1 is 1.00 bits per heavy atom. The maximum absolute atomic E-state index is 13.2. The van der Waals surface area contributed by atoms with E-state index in [-0.39, 0.29) is 34.3 Å². The van der Waals surface area contributed by atoms with Gasteiger partial charge in [-0.2, -0.15) is 4.98 Å². The van der Waals surface area contributed by atoms with E-state index in [1.54, 1.807) is 36.3 Å². The molecule has 3 heterocycles. The van der Waals surface area contributed by atoms with Crippen molar-refractivity contribution in [2.75, 3.05) is 69.0 Å². The van der Waals surface area contributed by atoms with Gasteiger partial charge in [0.25, 0.3) is 11.7 Å². The van der Waals surface area contributed by atoms with E-state index < -0.39 is 11.7 Å². The van der Waals surface area contributed by atoms with Crippen molar-refractivity contribution in [3.05, 3.63) is 71.9 Å². The van der Waals surface area contributed by atoms with E-state index in [2.05, 4.69) is 49.3 Å². The molecular formula is C32H37ClN8O4. The van der Waals surface area contributed by atoms with Gasteiger partial charge in [-0.25, -0.2) is 4.98 Å². The summed E-state index contributed by atoms with van der Waals surface area (Å²) in [6.45, 7) is 8.34. The number of aromatic nitrogens is 2. The molecule has 0 spiro atoms. The number of piperidine rings is 1. The quantitative estimate of drug-likeness (QED) is 0.172. The zero-order chi connectivity index (χ0) is 31.9. The van der Waals surface area contributed by atoms with Crippen LogP contribution in [-0.4, -0.2) is 96.8 Å². The first-order valence-electron chi connectivity index (χ1n) is 14.8. The van der Waals surface area contributed by atoms with Crippen molar-refractivity contribution in [1.29, 1.82) is 0 Å². The number of hydrogen-bond acceptors (Lipinski definition) is 10. The molecule has 2 aromatic carbocycles. The highest BCUT2D eigenvalue weighted by atomic mass is 35.5. The molecule has 3 aromatic rings. The lowest BCUT2D eigenvalue weighted by Crippen LogP contribution is -2.47. The molecule has 0 radical (unpaired) electrons. The molecule has 0 bridgehead atoms. The number of nitrogens with one attached hydrogen (secondary N) is 3. The van der Waals surface area contributed by atoms with Gasteiger partial charge in [-0.3, -0.25) is 14.4 Å². The number of nitrogens with zero attached hydrogens (tertiary/aromatic N) is 5. The van der Waals surface area contributed by atoms with Crippen LogP contribution in [-0.2, 0) is 9.59 Å². The van der Waals surface area contributed by atoms with Gasteiger partial charge in [-0.15, -0.1) is 0 Å². The Morgan fingerprint density at radius 2 is 1.73 bits per heavy atom. The number of hydrogen-bond donors (Lipinski definition) is 3. The smallest absolute Gasteiger partial charge is 0.292 e. The van der Waals surface area contributed by atoms with Crippen LogP contribution in [0.15, 0.2) is 61.3 Å². The van der Waals surface area contributed by atoms with Crippen LogP contribution >= 0.6 is 11.6 Å². The highest BCUT2D eigenvalue weighted by Gasteiger charge is 2.27. The largest absolute Gasteiger partial charge is 0.494 e. The Morgan fingerprint density at radius 3 is 2.44 bits per heavy atom. The number of methoxy groups -OCH3 is 1. The molecule has 5 rings (SSSR count). The summed E-state index contributed by atoms with van der Waals surface area (Å²) in [4.78, 5) is 53.2. The Kier molecular flexibility index (Phi) is 10.2. The van der Waals surface area contributed by atoms with Crippen molar-refractivity contribution < 1.29 is 19.1 Å². The number of amides is 2. The average molecular weight is 633 g/mol. The highest BCUT2D eigenvalue weighted by Crippen LogP contribution is 2.33. The van der Waals surface area contributed by atoms with Gasteiger partial charge in [0.05, 0.1) is 30.2 Å². The first kappa shape index (κ1) is 31.7. The minimum absolute atomic E-state index is 0.143. The van der Waals surface area contributed by atoms with E-state index >= 15 is 0 Å². The van der Waals surface area contributed by atoms with Crippen molar-refractivity contribution in [3.63, 3.8) is 0 Å². The Balaban J connectivity index is 1.27. The molecule has 12 nitrogen and oxygen atoms in total. The molecule has 1 aromatic heterocycles. The van der Waals surface area contributed by atoms with Crippen LogP contribution in [0, 0.1) is 0 Å². The second-order valence-corrected chi connectivity index (χ2v) is 11.4.